The van der Waals surface area contributed by atoms with Crippen LogP contribution in [0.5, 0.6) is 5.75 Å². The van der Waals surface area contributed by atoms with Crippen LogP contribution < -0.4 is 21.5 Å². The van der Waals surface area contributed by atoms with Crippen LogP contribution >= 0.6 is 0 Å². The highest BCUT2D eigenvalue weighted by molar-refractivity contribution is 5.50. The summed E-state index contributed by atoms with van der Waals surface area (Å²) in [6.07, 6.45) is 0. The second kappa shape index (κ2) is 6.35. The van der Waals surface area contributed by atoms with Gasteiger partial charge in [0.2, 0.25) is 0 Å². The maximum Gasteiger partial charge on any atom is 0.122 e. The molecular formula is C12H21N3O. The molecule has 0 bridgehead atoms. The molecule has 1 atom stereocenters. The number of nitrogens with one attached hydrogen (secondary N) is 1. The molecule has 0 radical (unpaired) electrons. The Balaban J connectivity index is 2.59. The third kappa shape index (κ3) is 3.72. The summed E-state index contributed by atoms with van der Waals surface area (Å²) in [5.74, 6) is 0.927. The molecule has 1 rings (SSSR count). The number of hydrogen-bond donors (Lipinski definition) is 3. The van der Waals surface area contributed by atoms with Crippen molar-refractivity contribution < 1.29 is 4.74 Å². The summed E-state index contributed by atoms with van der Waals surface area (Å²) in [6.45, 7) is 5.86. The first-order valence-electron chi connectivity index (χ1n) is 5.60. The van der Waals surface area contributed by atoms with Gasteiger partial charge in [0.05, 0.1) is 6.61 Å². The Hall–Kier alpha value is -1.26. The van der Waals surface area contributed by atoms with Gasteiger partial charge in [0, 0.05) is 24.8 Å². The Morgan fingerprint density at radius 1 is 1.44 bits per heavy atom. The van der Waals surface area contributed by atoms with Gasteiger partial charge in [0.25, 0.3) is 0 Å². The van der Waals surface area contributed by atoms with Crippen molar-refractivity contribution in [2.75, 3.05) is 25.0 Å². The van der Waals surface area contributed by atoms with Crippen LogP contribution in [0.2, 0.25) is 0 Å². The van der Waals surface area contributed by atoms with Crippen molar-refractivity contribution in [1.82, 2.24) is 0 Å². The molecule has 1 aromatic carbocycles. The quantitative estimate of drug-likeness (QED) is 0.675. The Labute approximate surface area is 97.0 Å². The molecular weight excluding hydrogens is 202 g/mol. The Morgan fingerprint density at radius 3 is 2.75 bits per heavy atom. The van der Waals surface area contributed by atoms with Crippen molar-refractivity contribution in [3.05, 3.63) is 23.8 Å². The maximum atomic E-state index is 5.72. The zero-order chi connectivity index (χ0) is 12.0. The highest BCUT2D eigenvalue weighted by Gasteiger charge is 2.02. The maximum absolute atomic E-state index is 5.72. The fraction of sp³-hybridized carbons (Fsp3) is 0.500. The average Bonchev–Trinajstić information content (AvgIpc) is 2.29. The van der Waals surface area contributed by atoms with Crippen LogP contribution in [0.4, 0.5) is 5.69 Å². The Kier molecular flexibility index (Phi) is 5.08. The fourth-order valence-electron chi connectivity index (χ4n) is 1.41. The van der Waals surface area contributed by atoms with E-state index < -0.39 is 0 Å². The van der Waals surface area contributed by atoms with Crippen molar-refractivity contribution in [3.8, 4) is 5.75 Å². The number of ether oxygens (including phenoxy) is 1. The van der Waals surface area contributed by atoms with Crippen LogP contribution in [0.1, 0.15) is 12.5 Å². The van der Waals surface area contributed by atoms with Gasteiger partial charge in [-0.1, -0.05) is 0 Å². The second-order valence-corrected chi connectivity index (χ2v) is 3.79. The van der Waals surface area contributed by atoms with Crippen LogP contribution in [-0.2, 0) is 0 Å². The summed E-state index contributed by atoms with van der Waals surface area (Å²) in [5, 5.41) is 3.24. The molecule has 0 aliphatic heterocycles. The topological polar surface area (TPSA) is 73.3 Å². The van der Waals surface area contributed by atoms with Crippen LogP contribution in [0.15, 0.2) is 18.2 Å². The lowest BCUT2D eigenvalue weighted by molar-refractivity contribution is 0.338. The number of rotatable bonds is 6. The van der Waals surface area contributed by atoms with Crippen molar-refractivity contribution in [2.45, 2.75) is 19.9 Å². The standard InChI is InChI=1S/C12H21N3O/c1-3-16-12-5-4-11(6-9(12)2)15-8-10(14)7-13/h4-6,10,15H,3,7-8,13-14H2,1-2H3. The molecule has 0 heterocycles. The molecule has 16 heavy (non-hydrogen) atoms. The van der Waals surface area contributed by atoms with Gasteiger partial charge in [0.15, 0.2) is 0 Å². The minimum Gasteiger partial charge on any atom is -0.494 e. The molecule has 4 nitrogen and oxygen atoms in total. The molecule has 0 saturated heterocycles. The Morgan fingerprint density at radius 2 is 2.19 bits per heavy atom. The van der Waals surface area contributed by atoms with Crippen molar-refractivity contribution >= 4 is 5.69 Å². The molecule has 4 heteroatoms. The summed E-state index contributed by atoms with van der Waals surface area (Å²) in [6, 6.07) is 6.00. The lowest BCUT2D eigenvalue weighted by Crippen LogP contribution is -2.36. The van der Waals surface area contributed by atoms with Crippen LogP contribution in [-0.4, -0.2) is 25.7 Å². The minimum absolute atomic E-state index is 0.00752. The van der Waals surface area contributed by atoms with Crippen LogP contribution in [0.25, 0.3) is 0 Å². The number of benzene rings is 1. The fourth-order valence-corrected chi connectivity index (χ4v) is 1.41. The van der Waals surface area contributed by atoms with Crippen molar-refractivity contribution in [1.29, 1.82) is 0 Å². The minimum atomic E-state index is -0.00752. The monoisotopic (exact) mass is 223 g/mol. The van der Waals surface area contributed by atoms with Crippen molar-refractivity contribution in [3.63, 3.8) is 0 Å². The predicted octanol–water partition coefficient (Wildman–Crippen LogP) is 1.09. The summed E-state index contributed by atoms with van der Waals surface area (Å²) < 4.78 is 5.47. The predicted molar refractivity (Wildman–Crippen MR) is 67.9 cm³/mol. The number of hydrogen-bond acceptors (Lipinski definition) is 4. The first kappa shape index (κ1) is 12.8. The summed E-state index contributed by atoms with van der Waals surface area (Å²) >= 11 is 0. The Bertz CT molecular complexity index is 328. The smallest absolute Gasteiger partial charge is 0.122 e. The van der Waals surface area contributed by atoms with E-state index in [9.17, 15) is 0 Å². The van der Waals surface area contributed by atoms with Gasteiger partial charge in [-0.15, -0.1) is 0 Å². The first-order chi connectivity index (χ1) is 7.67. The zero-order valence-electron chi connectivity index (χ0n) is 9.99. The average molecular weight is 223 g/mol. The molecule has 90 valence electrons. The first-order valence-corrected chi connectivity index (χ1v) is 5.60. The van der Waals surface area contributed by atoms with E-state index in [4.69, 9.17) is 16.2 Å². The molecule has 0 aromatic heterocycles. The summed E-state index contributed by atoms with van der Waals surface area (Å²) in [7, 11) is 0. The molecule has 0 amide bonds. The molecule has 0 aliphatic rings. The second-order valence-electron chi connectivity index (χ2n) is 3.79. The highest BCUT2D eigenvalue weighted by atomic mass is 16.5. The van der Waals surface area contributed by atoms with Gasteiger partial charge in [-0.25, -0.2) is 0 Å². The van der Waals surface area contributed by atoms with Crippen LogP contribution in [0.3, 0.4) is 0 Å². The normalized spacial score (nSPS) is 12.2. The van der Waals surface area contributed by atoms with E-state index in [1.165, 1.54) is 0 Å². The van der Waals surface area contributed by atoms with E-state index in [1.54, 1.807) is 0 Å². The third-order valence-electron chi connectivity index (χ3n) is 2.35. The molecule has 0 saturated carbocycles. The molecule has 1 unspecified atom stereocenters. The van der Waals surface area contributed by atoms with Gasteiger partial charge in [-0.2, -0.15) is 0 Å². The summed E-state index contributed by atoms with van der Waals surface area (Å²) in [5.41, 5.74) is 13.3. The van der Waals surface area contributed by atoms with Crippen LogP contribution in [0, 0.1) is 6.92 Å². The largest absolute Gasteiger partial charge is 0.494 e. The third-order valence-corrected chi connectivity index (χ3v) is 2.35. The van der Waals surface area contributed by atoms with Gasteiger partial charge >= 0.3 is 0 Å². The molecule has 5 N–H and O–H groups in total. The van der Waals surface area contributed by atoms with Crippen molar-refractivity contribution in [2.24, 2.45) is 11.5 Å². The zero-order valence-corrected chi connectivity index (χ0v) is 9.99. The van der Waals surface area contributed by atoms with E-state index in [-0.39, 0.29) is 6.04 Å². The van der Waals surface area contributed by atoms with E-state index >= 15 is 0 Å². The van der Waals surface area contributed by atoms with E-state index in [2.05, 4.69) is 5.32 Å². The lowest BCUT2D eigenvalue weighted by atomic mass is 10.2. The van der Waals surface area contributed by atoms with E-state index in [0.29, 0.717) is 19.7 Å². The molecule has 0 fully saturated rings. The molecule has 1 aromatic rings. The molecule has 0 spiro atoms. The number of aryl methyl sites for hydroxylation is 1. The van der Waals surface area contributed by atoms with E-state index in [1.807, 2.05) is 32.0 Å². The van der Waals surface area contributed by atoms with Gasteiger partial charge in [0.1, 0.15) is 5.75 Å². The summed E-state index contributed by atoms with van der Waals surface area (Å²) in [4.78, 5) is 0. The van der Waals surface area contributed by atoms with Gasteiger partial charge in [-0.05, 0) is 37.6 Å². The highest BCUT2D eigenvalue weighted by Crippen LogP contribution is 2.21. The number of anilines is 1. The van der Waals surface area contributed by atoms with Gasteiger partial charge in [-0.3, -0.25) is 0 Å². The number of nitrogens with two attached hydrogens (primary N) is 2. The van der Waals surface area contributed by atoms with E-state index in [0.717, 1.165) is 17.0 Å². The lowest BCUT2D eigenvalue weighted by Gasteiger charge is -2.13. The van der Waals surface area contributed by atoms with Gasteiger partial charge < -0.3 is 21.5 Å². The SMILES string of the molecule is CCOc1ccc(NCC(N)CN)cc1C. The molecule has 0 aliphatic carbocycles.